The quantitative estimate of drug-likeness (QED) is 0.876. The third-order valence-corrected chi connectivity index (χ3v) is 4.35. The average Bonchev–Trinajstić information content (AvgIpc) is 2.62. The lowest BCUT2D eigenvalue weighted by molar-refractivity contribution is 0.141. The third kappa shape index (κ3) is 2.88. The van der Waals surface area contributed by atoms with Gasteiger partial charge in [-0.2, -0.15) is 0 Å². The summed E-state index contributed by atoms with van der Waals surface area (Å²) >= 11 is 6.70. The van der Waals surface area contributed by atoms with Crippen LogP contribution in [0.3, 0.4) is 0 Å². The van der Waals surface area contributed by atoms with E-state index in [0.717, 1.165) is 11.4 Å². The number of halogens is 2. The molecule has 2 aromatic rings. The molecule has 0 aliphatic rings. The molecule has 19 heavy (non-hydrogen) atoms. The van der Waals surface area contributed by atoms with E-state index in [-0.39, 0.29) is 5.92 Å². The van der Waals surface area contributed by atoms with Gasteiger partial charge < -0.3 is 9.67 Å². The molecule has 0 saturated heterocycles. The molecule has 0 amide bonds. The summed E-state index contributed by atoms with van der Waals surface area (Å²) in [6.07, 6.45) is 2.69. The molecule has 0 aromatic carbocycles. The number of rotatable bonds is 3. The molecular weight excluding hydrogens is 376 g/mol. The molecule has 5 nitrogen and oxygen atoms in total. The molecule has 0 unspecified atom stereocenters. The summed E-state index contributed by atoms with van der Waals surface area (Å²) in [5.74, 6) is -0.174. The zero-order chi connectivity index (χ0) is 14.2. The van der Waals surface area contributed by atoms with Gasteiger partial charge in [-0.15, -0.1) is 0 Å². The highest BCUT2D eigenvalue weighted by atomic mass is 79.9. The Kier molecular flexibility index (Phi) is 4.37. The van der Waals surface area contributed by atoms with Gasteiger partial charge in [0.05, 0.1) is 17.1 Å². The van der Waals surface area contributed by atoms with Crippen LogP contribution in [0.25, 0.3) is 0 Å². The Morgan fingerprint density at radius 2 is 1.95 bits per heavy atom. The number of nitrogens with zero attached hydrogens (tertiary/aromatic N) is 4. The molecule has 102 valence electrons. The summed E-state index contributed by atoms with van der Waals surface area (Å²) in [5, 5.41) is 10.5. The molecule has 2 heterocycles. The van der Waals surface area contributed by atoms with Crippen molar-refractivity contribution in [2.45, 2.75) is 25.9 Å². The maximum absolute atomic E-state index is 10.5. The molecule has 0 fully saturated rings. The highest BCUT2D eigenvalue weighted by molar-refractivity contribution is 9.11. The fourth-order valence-electron chi connectivity index (χ4n) is 1.81. The standard InChI is InChI=1S/C12H14Br2N4O/c1-6-4-16-8(5-15-6)7(2)10(19)9-11(13)17-12(14)18(9)3/h4-5,7,10,19H,1-3H3/t7-,10-/m1/s1. The molecule has 2 rings (SSSR count). The Balaban J connectivity index is 2.33. The zero-order valence-electron chi connectivity index (χ0n) is 10.8. The lowest BCUT2D eigenvalue weighted by atomic mass is 9.99. The molecule has 2 aromatic heterocycles. The Morgan fingerprint density at radius 1 is 1.26 bits per heavy atom. The number of imidazole rings is 1. The van der Waals surface area contributed by atoms with Crippen molar-refractivity contribution in [2.75, 3.05) is 0 Å². The van der Waals surface area contributed by atoms with Crippen molar-refractivity contribution in [1.29, 1.82) is 0 Å². The van der Waals surface area contributed by atoms with Gasteiger partial charge in [0, 0.05) is 25.4 Å². The fraction of sp³-hybridized carbons (Fsp3) is 0.417. The minimum absolute atomic E-state index is 0.174. The van der Waals surface area contributed by atoms with Crippen LogP contribution >= 0.6 is 31.9 Å². The second-order valence-corrected chi connectivity index (χ2v) is 5.89. The van der Waals surface area contributed by atoms with Crippen LogP contribution < -0.4 is 0 Å². The number of hydrogen-bond acceptors (Lipinski definition) is 4. The highest BCUT2D eigenvalue weighted by Gasteiger charge is 2.26. The van der Waals surface area contributed by atoms with Gasteiger partial charge >= 0.3 is 0 Å². The normalized spacial score (nSPS) is 14.4. The third-order valence-electron chi connectivity index (χ3n) is 3.06. The number of aliphatic hydroxyl groups is 1. The summed E-state index contributed by atoms with van der Waals surface area (Å²) < 4.78 is 3.09. The van der Waals surface area contributed by atoms with E-state index in [0.29, 0.717) is 15.0 Å². The largest absolute Gasteiger partial charge is 0.386 e. The number of aryl methyl sites for hydroxylation is 1. The Labute approximate surface area is 128 Å². The SMILES string of the molecule is Cc1cnc([C@@H](C)[C@@H](O)c2c(Br)nc(Br)n2C)cn1. The summed E-state index contributed by atoms with van der Waals surface area (Å²) in [7, 11) is 1.84. The molecular formula is C12H14Br2N4O. The van der Waals surface area contributed by atoms with E-state index in [1.807, 2.05) is 20.9 Å². The molecule has 0 radical (unpaired) electrons. The van der Waals surface area contributed by atoms with Gasteiger partial charge in [0.1, 0.15) is 10.7 Å². The van der Waals surface area contributed by atoms with Crippen molar-refractivity contribution in [3.8, 4) is 0 Å². The molecule has 1 N–H and O–H groups in total. The van der Waals surface area contributed by atoms with Crippen LogP contribution in [0.15, 0.2) is 21.7 Å². The summed E-state index contributed by atoms with van der Waals surface area (Å²) in [6.45, 7) is 3.80. The fourth-order valence-corrected chi connectivity index (χ4v) is 3.08. The van der Waals surface area contributed by atoms with Crippen molar-refractivity contribution >= 4 is 31.9 Å². The van der Waals surface area contributed by atoms with E-state index in [4.69, 9.17) is 0 Å². The van der Waals surface area contributed by atoms with Crippen LogP contribution in [0, 0.1) is 6.92 Å². The lowest BCUT2D eigenvalue weighted by Gasteiger charge is -2.19. The van der Waals surface area contributed by atoms with E-state index in [1.54, 1.807) is 17.0 Å². The summed E-state index contributed by atoms with van der Waals surface area (Å²) in [6, 6.07) is 0. The van der Waals surface area contributed by atoms with Crippen LogP contribution in [-0.2, 0) is 7.05 Å². The number of aromatic nitrogens is 4. The van der Waals surface area contributed by atoms with Crippen molar-refractivity contribution in [3.63, 3.8) is 0 Å². The first kappa shape index (κ1) is 14.6. The van der Waals surface area contributed by atoms with Crippen molar-refractivity contribution < 1.29 is 5.11 Å². The van der Waals surface area contributed by atoms with Gasteiger partial charge in [-0.05, 0) is 38.8 Å². The first-order chi connectivity index (χ1) is 8.91. The van der Waals surface area contributed by atoms with Crippen LogP contribution in [0.5, 0.6) is 0 Å². The monoisotopic (exact) mass is 388 g/mol. The molecule has 0 aliphatic heterocycles. The van der Waals surface area contributed by atoms with E-state index in [1.165, 1.54) is 0 Å². The molecule has 0 spiro atoms. The van der Waals surface area contributed by atoms with Gasteiger partial charge in [0.25, 0.3) is 0 Å². The molecule has 0 bridgehead atoms. The Morgan fingerprint density at radius 3 is 2.42 bits per heavy atom. The van der Waals surface area contributed by atoms with E-state index < -0.39 is 6.10 Å². The maximum Gasteiger partial charge on any atom is 0.178 e. The Bertz CT molecular complexity index is 582. The summed E-state index contributed by atoms with van der Waals surface area (Å²) in [5.41, 5.74) is 2.32. The molecule has 2 atom stereocenters. The van der Waals surface area contributed by atoms with Crippen LogP contribution in [0.1, 0.15) is 36.0 Å². The van der Waals surface area contributed by atoms with E-state index >= 15 is 0 Å². The summed E-state index contributed by atoms with van der Waals surface area (Å²) in [4.78, 5) is 12.7. The minimum Gasteiger partial charge on any atom is -0.386 e. The second-order valence-electron chi connectivity index (χ2n) is 4.43. The first-order valence-electron chi connectivity index (χ1n) is 5.76. The van der Waals surface area contributed by atoms with E-state index in [2.05, 4.69) is 46.8 Å². The Hall–Kier alpha value is -0.790. The minimum atomic E-state index is -0.713. The van der Waals surface area contributed by atoms with E-state index in [9.17, 15) is 5.11 Å². The van der Waals surface area contributed by atoms with Gasteiger partial charge in [0.2, 0.25) is 0 Å². The maximum atomic E-state index is 10.5. The van der Waals surface area contributed by atoms with Crippen LogP contribution in [0.4, 0.5) is 0 Å². The molecule has 7 heteroatoms. The van der Waals surface area contributed by atoms with Gasteiger partial charge in [-0.25, -0.2) is 4.98 Å². The smallest absolute Gasteiger partial charge is 0.178 e. The highest BCUT2D eigenvalue weighted by Crippen LogP contribution is 2.34. The second kappa shape index (κ2) is 5.68. The van der Waals surface area contributed by atoms with Crippen molar-refractivity contribution in [2.24, 2.45) is 7.05 Å². The zero-order valence-corrected chi connectivity index (χ0v) is 14.0. The first-order valence-corrected chi connectivity index (χ1v) is 7.34. The number of hydrogen-bond donors (Lipinski definition) is 1. The van der Waals surface area contributed by atoms with Crippen LogP contribution in [0.2, 0.25) is 0 Å². The van der Waals surface area contributed by atoms with Crippen molar-refractivity contribution in [1.82, 2.24) is 19.5 Å². The van der Waals surface area contributed by atoms with Gasteiger partial charge in [-0.3, -0.25) is 9.97 Å². The van der Waals surface area contributed by atoms with Crippen LogP contribution in [-0.4, -0.2) is 24.6 Å². The number of aliphatic hydroxyl groups excluding tert-OH is 1. The average molecular weight is 390 g/mol. The topological polar surface area (TPSA) is 63.8 Å². The molecule has 0 aliphatic carbocycles. The predicted molar refractivity (Wildman–Crippen MR) is 78.8 cm³/mol. The van der Waals surface area contributed by atoms with Crippen molar-refractivity contribution in [3.05, 3.63) is 38.8 Å². The predicted octanol–water partition coefficient (Wildman–Crippen LogP) is 2.88. The lowest BCUT2D eigenvalue weighted by Crippen LogP contribution is -2.13. The van der Waals surface area contributed by atoms with Gasteiger partial charge in [0.15, 0.2) is 4.73 Å². The molecule has 0 saturated carbocycles. The van der Waals surface area contributed by atoms with Gasteiger partial charge in [-0.1, -0.05) is 6.92 Å².